The molecule has 0 saturated carbocycles. The van der Waals surface area contributed by atoms with E-state index < -0.39 is 5.72 Å². The van der Waals surface area contributed by atoms with Gasteiger partial charge in [0.25, 0.3) is 0 Å². The third-order valence-corrected chi connectivity index (χ3v) is 5.31. The second kappa shape index (κ2) is 13.7. The van der Waals surface area contributed by atoms with Crippen LogP contribution in [0.5, 0.6) is 0 Å². The molecule has 0 bridgehead atoms. The fourth-order valence-electron chi connectivity index (χ4n) is 3.54. The first kappa shape index (κ1) is 21.5. The monoisotopic (exact) mass is 338 g/mol. The Morgan fingerprint density at radius 2 is 1.29 bits per heavy atom. The summed E-state index contributed by atoms with van der Waals surface area (Å²) in [6.07, 6.45) is 21.9. The fraction of sp³-hybridized carbons (Fsp3) is 0.952. The maximum atomic E-state index is 10.4. The lowest BCUT2D eigenvalue weighted by molar-refractivity contribution is -0.0538. The Bertz CT molecular complexity index is 315. The molecule has 0 aliphatic carbocycles. The highest BCUT2D eigenvalue weighted by Crippen LogP contribution is 2.21. The summed E-state index contributed by atoms with van der Waals surface area (Å²) in [4.78, 5) is 6.17. The number of aliphatic imine (C=N–C) groups is 1. The van der Waals surface area contributed by atoms with Crippen molar-refractivity contribution in [3.8, 4) is 0 Å². The van der Waals surface area contributed by atoms with E-state index in [1.54, 1.807) is 0 Å². The zero-order chi connectivity index (χ0) is 17.5. The minimum absolute atomic E-state index is 0.697. The Morgan fingerprint density at radius 1 is 0.833 bits per heavy atom. The lowest BCUT2D eigenvalue weighted by Gasteiger charge is -2.33. The van der Waals surface area contributed by atoms with Gasteiger partial charge in [-0.2, -0.15) is 0 Å². The summed E-state index contributed by atoms with van der Waals surface area (Å²) in [6, 6.07) is 0. The molecule has 0 spiro atoms. The maximum Gasteiger partial charge on any atom is 0.135 e. The lowest BCUT2D eigenvalue weighted by Crippen LogP contribution is -2.44. The van der Waals surface area contributed by atoms with Crippen molar-refractivity contribution in [1.29, 1.82) is 0 Å². The quantitative estimate of drug-likeness (QED) is 0.355. The standard InChI is InChI=1S/C21H42N2O/c1-3-4-5-6-7-8-9-10-11-12-13-14-15-16-17-21(2,24)23-19-18-22-20-23/h20,24H,3-19H2,1-2H3. The first-order valence-electron chi connectivity index (χ1n) is 10.7. The van der Waals surface area contributed by atoms with Crippen molar-refractivity contribution >= 4 is 6.34 Å². The Kier molecular flexibility index (Phi) is 12.2. The van der Waals surface area contributed by atoms with E-state index in [1.165, 1.54) is 83.5 Å². The molecule has 142 valence electrons. The van der Waals surface area contributed by atoms with Crippen molar-refractivity contribution in [3.05, 3.63) is 0 Å². The summed E-state index contributed by atoms with van der Waals surface area (Å²) < 4.78 is 0. The predicted molar refractivity (Wildman–Crippen MR) is 106 cm³/mol. The fourth-order valence-corrected chi connectivity index (χ4v) is 3.54. The third kappa shape index (κ3) is 10.3. The summed E-state index contributed by atoms with van der Waals surface area (Å²) in [5.74, 6) is 0. The molecule has 1 heterocycles. The zero-order valence-electron chi connectivity index (χ0n) is 16.4. The molecule has 24 heavy (non-hydrogen) atoms. The van der Waals surface area contributed by atoms with E-state index in [1.807, 2.05) is 18.2 Å². The first-order chi connectivity index (χ1) is 11.7. The van der Waals surface area contributed by atoms with Crippen LogP contribution in [-0.2, 0) is 0 Å². The number of rotatable bonds is 16. The van der Waals surface area contributed by atoms with Crippen LogP contribution < -0.4 is 0 Å². The number of hydrogen-bond donors (Lipinski definition) is 1. The van der Waals surface area contributed by atoms with Gasteiger partial charge in [-0.1, -0.05) is 90.4 Å². The van der Waals surface area contributed by atoms with Gasteiger partial charge in [0.2, 0.25) is 0 Å². The first-order valence-corrected chi connectivity index (χ1v) is 10.7. The second-order valence-electron chi connectivity index (χ2n) is 7.78. The molecule has 0 fully saturated rings. The van der Waals surface area contributed by atoms with Gasteiger partial charge in [0.15, 0.2) is 0 Å². The topological polar surface area (TPSA) is 35.8 Å². The van der Waals surface area contributed by atoms with Crippen LogP contribution in [0, 0.1) is 0 Å². The van der Waals surface area contributed by atoms with Crippen LogP contribution in [-0.4, -0.2) is 35.2 Å². The summed E-state index contributed by atoms with van der Waals surface area (Å²) in [5, 5.41) is 10.4. The lowest BCUT2D eigenvalue weighted by atomic mass is 10.0. The highest BCUT2D eigenvalue weighted by molar-refractivity contribution is 5.58. The van der Waals surface area contributed by atoms with Gasteiger partial charge < -0.3 is 10.0 Å². The Morgan fingerprint density at radius 3 is 1.71 bits per heavy atom. The van der Waals surface area contributed by atoms with E-state index in [9.17, 15) is 5.11 Å². The van der Waals surface area contributed by atoms with Gasteiger partial charge >= 0.3 is 0 Å². The van der Waals surface area contributed by atoms with Crippen molar-refractivity contribution in [1.82, 2.24) is 4.90 Å². The Labute approximate surface area is 150 Å². The second-order valence-corrected chi connectivity index (χ2v) is 7.78. The molecular weight excluding hydrogens is 296 g/mol. The molecule has 3 heteroatoms. The van der Waals surface area contributed by atoms with Crippen LogP contribution in [0.2, 0.25) is 0 Å². The van der Waals surface area contributed by atoms with Crippen molar-refractivity contribution in [3.63, 3.8) is 0 Å². The molecule has 1 unspecified atom stereocenters. The van der Waals surface area contributed by atoms with Crippen LogP contribution in [0.25, 0.3) is 0 Å². The normalized spacial score (nSPS) is 16.7. The van der Waals surface area contributed by atoms with E-state index in [4.69, 9.17) is 0 Å². The Balaban J connectivity index is 1.80. The number of aliphatic hydroxyl groups is 1. The van der Waals surface area contributed by atoms with Crippen LogP contribution >= 0.6 is 0 Å². The number of nitrogens with zero attached hydrogens (tertiary/aromatic N) is 2. The minimum atomic E-state index is -0.697. The van der Waals surface area contributed by atoms with E-state index >= 15 is 0 Å². The molecule has 1 aliphatic heterocycles. The summed E-state index contributed by atoms with van der Waals surface area (Å²) in [6.45, 7) is 5.90. The highest BCUT2D eigenvalue weighted by atomic mass is 16.3. The molecule has 0 aromatic carbocycles. The average molecular weight is 339 g/mol. The third-order valence-electron chi connectivity index (χ3n) is 5.31. The SMILES string of the molecule is CCCCCCCCCCCCCCCCC(C)(O)N1C=NCC1. The van der Waals surface area contributed by atoms with Gasteiger partial charge in [0, 0.05) is 6.54 Å². The molecular formula is C21H42N2O. The molecule has 1 N–H and O–H groups in total. The van der Waals surface area contributed by atoms with Gasteiger partial charge in [-0.25, -0.2) is 0 Å². The van der Waals surface area contributed by atoms with Gasteiger partial charge in [0.05, 0.1) is 12.9 Å². The van der Waals surface area contributed by atoms with E-state index in [0.29, 0.717) is 0 Å². The van der Waals surface area contributed by atoms with Crippen molar-refractivity contribution in [2.45, 2.75) is 116 Å². The molecule has 0 aromatic rings. The zero-order valence-corrected chi connectivity index (χ0v) is 16.4. The smallest absolute Gasteiger partial charge is 0.135 e. The number of unbranched alkanes of at least 4 members (excludes halogenated alkanes) is 13. The molecule has 0 aromatic heterocycles. The largest absolute Gasteiger partial charge is 0.371 e. The van der Waals surface area contributed by atoms with Crippen LogP contribution in [0.4, 0.5) is 0 Å². The van der Waals surface area contributed by atoms with E-state index in [0.717, 1.165) is 25.9 Å². The summed E-state index contributed by atoms with van der Waals surface area (Å²) in [7, 11) is 0. The van der Waals surface area contributed by atoms with Crippen molar-refractivity contribution in [2.75, 3.05) is 13.1 Å². The van der Waals surface area contributed by atoms with Crippen LogP contribution in [0.15, 0.2) is 4.99 Å². The van der Waals surface area contributed by atoms with Gasteiger partial charge in [-0.3, -0.25) is 4.99 Å². The average Bonchev–Trinajstić information content (AvgIpc) is 3.10. The molecule has 1 atom stereocenters. The van der Waals surface area contributed by atoms with Crippen molar-refractivity contribution < 1.29 is 5.11 Å². The van der Waals surface area contributed by atoms with Crippen LogP contribution in [0.1, 0.15) is 110 Å². The molecule has 1 aliphatic rings. The highest BCUT2D eigenvalue weighted by Gasteiger charge is 2.27. The molecule has 0 radical (unpaired) electrons. The van der Waals surface area contributed by atoms with E-state index in [-0.39, 0.29) is 0 Å². The van der Waals surface area contributed by atoms with Gasteiger partial charge in [0.1, 0.15) is 5.72 Å². The predicted octanol–water partition coefficient (Wildman–Crippen LogP) is 5.91. The van der Waals surface area contributed by atoms with E-state index in [2.05, 4.69) is 11.9 Å². The van der Waals surface area contributed by atoms with Gasteiger partial charge in [-0.15, -0.1) is 0 Å². The Hall–Kier alpha value is -0.570. The number of hydrogen-bond acceptors (Lipinski definition) is 3. The maximum absolute atomic E-state index is 10.4. The van der Waals surface area contributed by atoms with Gasteiger partial charge in [-0.05, 0) is 19.8 Å². The molecule has 1 rings (SSSR count). The molecule has 0 saturated heterocycles. The minimum Gasteiger partial charge on any atom is -0.371 e. The van der Waals surface area contributed by atoms with Crippen molar-refractivity contribution in [2.24, 2.45) is 4.99 Å². The summed E-state index contributed by atoms with van der Waals surface area (Å²) >= 11 is 0. The molecule has 3 nitrogen and oxygen atoms in total. The summed E-state index contributed by atoms with van der Waals surface area (Å²) in [5.41, 5.74) is -0.697. The van der Waals surface area contributed by atoms with Crippen LogP contribution in [0.3, 0.4) is 0 Å². The molecule has 0 amide bonds.